The molecule has 0 aromatic heterocycles. The van der Waals surface area contributed by atoms with Crippen molar-refractivity contribution in [3.05, 3.63) is 35.4 Å². The monoisotopic (exact) mass is 297 g/mol. The van der Waals surface area contributed by atoms with Gasteiger partial charge < -0.3 is 10.1 Å². The van der Waals surface area contributed by atoms with Gasteiger partial charge in [-0.05, 0) is 31.9 Å². The molecule has 6 heteroatoms. The van der Waals surface area contributed by atoms with E-state index in [0.717, 1.165) is 37.8 Å². The van der Waals surface area contributed by atoms with Crippen LogP contribution in [0.5, 0.6) is 0 Å². The zero-order valence-corrected chi connectivity index (χ0v) is 11.7. The van der Waals surface area contributed by atoms with Crippen LogP contribution >= 0.6 is 0 Å². The van der Waals surface area contributed by atoms with Gasteiger partial charge in [-0.15, -0.1) is 0 Å². The zero-order valence-electron chi connectivity index (χ0n) is 11.7. The lowest BCUT2D eigenvalue weighted by atomic mass is 10.2. The Morgan fingerprint density at radius 3 is 2.57 bits per heavy atom. The molecule has 1 aromatic carbocycles. The third kappa shape index (κ3) is 4.00. The molecule has 0 saturated heterocycles. The number of rotatable bonds is 4. The summed E-state index contributed by atoms with van der Waals surface area (Å²) in [4.78, 5) is 23.6. The molecule has 21 heavy (non-hydrogen) atoms. The maximum Gasteiger partial charge on any atom is 0.341 e. The zero-order chi connectivity index (χ0) is 15.4. The lowest BCUT2D eigenvalue weighted by Crippen LogP contribution is -2.40. The highest BCUT2D eigenvalue weighted by atomic mass is 19.1. The molecule has 0 radical (unpaired) electrons. The van der Waals surface area contributed by atoms with Crippen LogP contribution in [0.3, 0.4) is 0 Å². The highest BCUT2D eigenvalue weighted by Gasteiger charge is 2.24. The summed E-state index contributed by atoms with van der Waals surface area (Å²) < 4.78 is 31.1. The molecule has 1 amide bonds. The van der Waals surface area contributed by atoms with E-state index in [1.54, 1.807) is 0 Å². The van der Waals surface area contributed by atoms with Gasteiger partial charge in [0.1, 0.15) is 11.6 Å². The summed E-state index contributed by atoms with van der Waals surface area (Å²) in [7, 11) is 0. The minimum absolute atomic E-state index is 0.112. The molecule has 114 valence electrons. The van der Waals surface area contributed by atoms with E-state index in [1.807, 2.05) is 0 Å². The van der Waals surface area contributed by atoms with E-state index in [2.05, 4.69) is 5.32 Å². The molecule has 1 fully saturated rings. The van der Waals surface area contributed by atoms with Crippen molar-refractivity contribution in [2.24, 2.45) is 0 Å². The molecule has 1 N–H and O–H groups in total. The number of carbonyl (C=O) groups is 2. The summed E-state index contributed by atoms with van der Waals surface area (Å²) in [5.41, 5.74) is -0.392. The van der Waals surface area contributed by atoms with Gasteiger partial charge in [0.15, 0.2) is 6.10 Å². The van der Waals surface area contributed by atoms with Crippen molar-refractivity contribution >= 4 is 11.9 Å². The maximum atomic E-state index is 13.4. The Kier molecular flexibility index (Phi) is 4.88. The van der Waals surface area contributed by atoms with Gasteiger partial charge in [0.05, 0.1) is 5.56 Å². The topological polar surface area (TPSA) is 55.4 Å². The van der Waals surface area contributed by atoms with Crippen LogP contribution in [0, 0.1) is 11.6 Å². The summed E-state index contributed by atoms with van der Waals surface area (Å²) in [5, 5.41) is 2.79. The van der Waals surface area contributed by atoms with Crippen molar-refractivity contribution < 1.29 is 23.1 Å². The summed E-state index contributed by atoms with van der Waals surface area (Å²) in [6.07, 6.45) is 2.94. The highest BCUT2D eigenvalue weighted by Crippen LogP contribution is 2.18. The summed E-state index contributed by atoms with van der Waals surface area (Å²) >= 11 is 0. The van der Waals surface area contributed by atoms with Crippen molar-refractivity contribution in [3.63, 3.8) is 0 Å². The molecule has 0 heterocycles. The van der Waals surface area contributed by atoms with E-state index in [-0.39, 0.29) is 6.04 Å². The number of benzene rings is 1. The fourth-order valence-electron chi connectivity index (χ4n) is 2.32. The summed E-state index contributed by atoms with van der Waals surface area (Å²) in [6, 6.07) is 2.67. The van der Waals surface area contributed by atoms with E-state index in [4.69, 9.17) is 4.74 Å². The number of amides is 1. The van der Waals surface area contributed by atoms with Crippen LogP contribution in [0.2, 0.25) is 0 Å². The molecule has 1 saturated carbocycles. The van der Waals surface area contributed by atoms with Gasteiger partial charge >= 0.3 is 5.97 Å². The van der Waals surface area contributed by atoms with Gasteiger partial charge in [-0.25, -0.2) is 13.6 Å². The third-order valence-electron chi connectivity index (χ3n) is 3.51. The molecule has 2 rings (SSSR count). The van der Waals surface area contributed by atoms with Crippen molar-refractivity contribution in [2.75, 3.05) is 0 Å². The second kappa shape index (κ2) is 6.65. The van der Waals surface area contributed by atoms with Crippen molar-refractivity contribution in [1.29, 1.82) is 0 Å². The molecule has 0 bridgehead atoms. The van der Waals surface area contributed by atoms with Crippen molar-refractivity contribution in [2.45, 2.75) is 44.8 Å². The molecule has 1 unspecified atom stereocenters. The molecule has 4 nitrogen and oxygen atoms in total. The summed E-state index contributed by atoms with van der Waals surface area (Å²) in [6.45, 7) is 1.42. The highest BCUT2D eigenvalue weighted by molar-refractivity contribution is 5.92. The number of nitrogens with one attached hydrogen (secondary N) is 1. The Morgan fingerprint density at radius 2 is 1.95 bits per heavy atom. The van der Waals surface area contributed by atoms with Crippen molar-refractivity contribution in [3.8, 4) is 0 Å². The quantitative estimate of drug-likeness (QED) is 0.869. The van der Waals surface area contributed by atoms with Gasteiger partial charge in [0.2, 0.25) is 0 Å². The summed E-state index contributed by atoms with van der Waals surface area (Å²) in [5.74, 6) is -3.18. The molecule has 1 atom stereocenters. The van der Waals surface area contributed by atoms with E-state index >= 15 is 0 Å². The first-order valence-corrected chi connectivity index (χ1v) is 6.94. The Morgan fingerprint density at radius 1 is 1.29 bits per heavy atom. The minimum Gasteiger partial charge on any atom is -0.449 e. The normalized spacial score (nSPS) is 16.5. The van der Waals surface area contributed by atoms with E-state index in [1.165, 1.54) is 6.92 Å². The number of ether oxygens (including phenoxy) is 1. The molecule has 0 spiro atoms. The number of esters is 1. The smallest absolute Gasteiger partial charge is 0.341 e. The van der Waals surface area contributed by atoms with Crippen LogP contribution in [-0.4, -0.2) is 24.0 Å². The first kappa shape index (κ1) is 15.4. The van der Waals surface area contributed by atoms with Gasteiger partial charge in [-0.3, -0.25) is 4.79 Å². The first-order chi connectivity index (χ1) is 9.97. The van der Waals surface area contributed by atoms with Gasteiger partial charge in [-0.1, -0.05) is 12.8 Å². The van der Waals surface area contributed by atoms with Crippen LogP contribution in [0.4, 0.5) is 8.78 Å². The predicted octanol–water partition coefficient (Wildman–Crippen LogP) is 2.57. The molecule has 0 aliphatic heterocycles. The SMILES string of the molecule is CC(OC(=O)c1ccc(F)cc1F)C(=O)NC1CCCC1. The third-order valence-corrected chi connectivity index (χ3v) is 3.51. The number of carbonyl (C=O) groups excluding carboxylic acids is 2. The predicted molar refractivity (Wildman–Crippen MR) is 71.6 cm³/mol. The average molecular weight is 297 g/mol. The van der Waals surface area contributed by atoms with Crippen LogP contribution in [-0.2, 0) is 9.53 Å². The van der Waals surface area contributed by atoms with E-state index in [9.17, 15) is 18.4 Å². The molecular formula is C15H17F2NO3. The Balaban J connectivity index is 1.93. The Labute approximate surface area is 121 Å². The molecule has 1 aliphatic carbocycles. The fraction of sp³-hybridized carbons (Fsp3) is 0.467. The van der Waals surface area contributed by atoms with Crippen LogP contribution in [0.15, 0.2) is 18.2 Å². The van der Waals surface area contributed by atoms with Crippen LogP contribution < -0.4 is 5.32 Å². The maximum absolute atomic E-state index is 13.4. The Hall–Kier alpha value is -1.98. The molecular weight excluding hydrogens is 280 g/mol. The van der Waals surface area contributed by atoms with Crippen molar-refractivity contribution in [1.82, 2.24) is 5.32 Å². The average Bonchev–Trinajstić information content (AvgIpc) is 2.91. The standard InChI is InChI=1S/C15H17F2NO3/c1-9(14(19)18-11-4-2-3-5-11)21-15(20)12-7-6-10(16)8-13(12)17/h6-9,11H,2-5H2,1H3,(H,18,19). The van der Waals surface area contributed by atoms with E-state index < -0.39 is 35.2 Å². The number of hydrogen-bond acceptors (Lipinski definition) is 3. The van der Waals surface area contributed by atoms with Gasteiger partial charge in [0, 0.05) is 12.1 Å². The Bertz CT molecular complexity index is 542. The minimum atomic E-state index is -1.03. The number of hydrogen-bond donors (Lipinski definition) is 1. The van der Waals surface area contributed by atoms with Gasteiger partial charge in [-0.2, -0.15) is 0 Å². The second-order valence-electron chi connectivity index (χ2n) is 5.16. The lowest BCUT2D eigenvalue weighted by Gasteiger charge is -2.17. The first-order valence-electron chi connectivity index (χ1n) is 6.94. The van der Waals surface area contributed by atoms with Gasteiger partial charge in [0.25, 0.3) is 5.91 Å². The molecule has 1 aromatic rings. The van der Waals surface area contributed by atoms with E-state index in [0.29, 0.717) is 6.07 Å². The van der Waals surface area contributed by atoms with Crippen LogP contribution in [0.25, 0.3) is 0 Å². The fourth-order valence-corrected chi connectivity index (χ4v) is 2.32. The number of halogens is 2. The largest absolute Gasteiger partial charge is 0.449 e. The van der Waals surface area contributed by atoms with Crippen LogP contribution in [0.1, 0.15) is 43.0 Å². The molecule has 1 aliphatic rings. The lowest BCUT2D eigenvalue weighted by molar-refractivity contribution is -0.129. The second-order valence-corrected chi connectivity index (χ2v) is 5.16.